The van der Waals surface area contributed by atoms with E-state index >= 15 is 0 Å². The van der Waals surface area contributed by atoms with Crippen molar-refractivity contribution in [2.45, 2.75) is 25.4 Å². The van der Waals surface area contributed by atoms with Gasteiger partial charge in [-0.3, -0.25) is 4.98 Å². The molecule has 1 saturated heterocycles. The number of nitrogens with zero attached hydrogens (tertiary/aromatic N) is 6. The quantitative estimate of drug-likeness (QED) is 0.812. The number of aromatic nitrogens is 5. The lowest BCUT2D eigenvalue weighted by molar-refractivity contribution is 0.185. The Labute approximate surface area is 117 Å². The molecule has 0 aromatic carbocycles. The van der Waals surface area contributed by atoms with Crippen LogP contribution in [0.1, 0.15) is 24.7 Å². The Hall–Kier alpha value is -2.02. The maximum atomic E-state index is 5.13. The summed E-state index contributed by atoms with van der Waals surface area (Å²) in [5.41, 5.74) is 0. The lowest BCUT2D eigenvalue weighted by Crippen LogP contribution is -2.26. The zero-order valence-corrected chi connectivity index (χ0v) is 11.5. The summed E-state index contributed by atoms with van der Waals surface area (Å²) in [5.74, 6) is 1.88. The Morgan fingerprint density at radius 1 is 1.40 bits per heavy atom. The Kier molecular flexibility index (Phi) is 3.87. The van der Waals surface area contributed by atoms with Crippen molar-refractivity contribution >= 4 is 5.82 Å². The van der Waals surface area contributed by atoms with E-state index in [1.807, 2.05) is 0 Å². The van der Waals surface area contributed by atoms with Crippen molar-refractivity contribution in [3.05, 3.63) is 30.7 Å². The Balaban J connectivity index is 1.84. The minimum absolute atomic E-state index is 0.214. The van der Waals surface area contributed by atoms with Crippen LogP contribution in [0.3, 0.4) is 0 Å². The number of methoxy groups -OCH3 is 1. The molecule has 7 nitrogen and oxygen atoms in total. The van der Waals surface area contributed by atoms with Crippen LogP contribution >= 0.6 is 0 Å². The molecule has 0 aliphatic carbocycles. The molecular formula is C13H18N6O. The third-order valence-corrected chi connectivity index (χ3v) is 3.58. The minimum Gasteiger partial charge on any atom is -0.383 e. The molecule has 2 aromatic rings. The van der Waals surface area contributed by atoms with Gasteiger partial charge in [0.05, 0.1) is 18.8 Å². The highest BCUT2D eigenvalue weighted by Crippen LogP contribution is 2.33. The number of rotatable bonds is 5. The van der Waals surface area contributed by atoms with Crippen molar-refractivity contribution in [2.75, 3.05) is 25.2 Å². The molecule has 0 bridgehead atoms. The van der Waals surface area contributed by atoms with E-state index in [2.05, 4.69) is 29.6 Å². The van der Waals surface area contributed by atoms with Gasteiger partial charge in [0.1, 0.15) is 12.1 Å². The highest BCUT2D eigenvalue weighted by Gasteiger charge is 2.30. The average molecular weight is 274 g/mol. The number of hydrogen-bond donors (Lipinski definition) is 0. The van der Waals surface area contributed by atoms with Crippen LogP contribution < -0.4 is 4.90 Å². The largest absolute Gasteiger partial charge is 0.383 e. The van der Waals surface area contributed by atoms with Crippen molar-refractivity contribution in [3.8, 4) is 0 Å². The first kappa shape index (κ1) is 13.0. The van der Waals surface area contributed by atoms with E-state index in [4.69, 9.17) is 4.74 Å². The van der Waals surface area contributed by atoms with Gasteiger partial charge in [-0.15, -0.1) is 10.2 Å². The van der Waals surface area contributed by atoms with Crippen LogP contribution in [0.4, 0.5) is 5.82 Å². The van der Waals surface area contributed by atoms with Crippen LogP contribution in [0.25, 0.3) is 0 Å². The van der Waals surface area contributed by atoms with Crippen molar-refractivity contribution in [3.63, 3.8) is 0 Å². The van der Waals surface area contributed by atoms with Crippen LogP contribution in [0.15, 0.2) is 24.9 Å². The minimum atomic E-state index is 0.214. The molecule has 3 rings (SSSR count). The summed E-state index contributed by atoms with van der Waals surface area (Å²) in [6.45, 7) is 2.40. The van der Waals surface area contributed by atoms with Crippen molar-refractivity contribution in [1.29, 1.82) is 0 Å². The van der Waals surface area contributed by atoms with Gasteiger partial charge >= 0.3 is 0 Å². The average Bonchev–Trinajstić information content (AvgIpc) is 3.14. The van der Waals surface area contributed by atoms with Gasteiger partial charge in [0.25, 0.3) is 0 Å². The summed E-state index contributed by atoms with van der Waals surface area (Å²) in [4.78, 5) is 10.8. The molecule has 0 unspecified atom stereocenters. The van der Waals surface area contributed by atoms with Gasteiger partial charge in [0.15, 0.2) is 5.82 Å². The molecule has 0 amide bonds. The van der Waals surface area contributed by atoms with Crippen LogP contribution in [0.2, 0.25) is 0 Å². The Morgan fingerprint density at radius 2 is 2.35 bits per heavy atom. The van der Waals surface area contributed by atoms with Gasteiger partial charge in [0, 0.05) is 32.6 Å². The number of anilines is 1. The molecule has 0 N–H and O–H groups in total. The topological polar surface area (TPSA) is 69.0 Å². The summed E-state index contributed by atoms with van der Waals surface area (Å²) < 4.78 is 7.19. The third kappa shape index (κ3) is 2.49. The fraction of sp³-hybridized carbons (Fsp3) is 0.538. The van der Waals surface area contributed by atoms with Crippen molar-refractivity contribution < 1.29 is 4.74 Å². The summed E-state index contributed by atoms with van der Waals surface area (Å²) in [6.07, 6.45) is 9.16. The summed E-state index contributed by atoms with van der Waals surface area (Å²) in [5, 5.41) is 8.34. The van der Waals surface area contributed by atoms with Crippen LogP contribution in [-0.4, -0.2) is 45.0 Å². The molecule has 1 atom stereocenters. The summed E-state index contributed by atoms with van der Waals surface area (Å²) in [6, 6.07) is 0.214. The van der Waals surface area contributed by atoms with E-state index in [0.717, 1.165) is 37.6 Å². The first-order chi connectivity index (χ1) is 9.90. The van der Waals surface area contributed by atoms with Crippen molar-refractivity contribution in [1.82, 2.24) is 24.7 Å². The first-order valence-corrected chi connectivity index (χ1v) is 6.79. The van der Waals surface area contributed by atoms with Gasteiger partial charge in [-0.2, -0.15) is 0 Å². The van der Waals surface area contributed by atoms with Gasteiger partial charge < -0.3 is 14.2 Å². The zero-order chi connectivity index (χ0) is 13.8. The molecule has 20 heavy (non-hydrogen) atoms. The fourth-order valence-corrected chi connectivity index (χ4v) is 2.63. The monoisotopic (exact) mass is 274 g/mol. The predicted octanol–water partition coefficient (Wildman–Crippen LogP) is 1.06. The summed E-state index contributed by atoms with van der Waals surface area (Å²) >= 11 is 0. The smallest absolute Gasteiger partial charge is 0.155 e. The first-order valence-electron chi connectivity index (χ1n) is 6.79. The lowest BCUT2D eigenvalue weighted by Gasteiger charge is -2.24. The molecule has 1 aliphatic rings. The maximum absolute atomic E-state index is 5.13. The van der Waals surface area contributed by atoms with Crippen molar-refractivity contribution in [2.24, 2.45) is 0 Å². The van der Waals surface area contributed by atoms with Gasteiger partial charge in [-0.25, -0.2) is 4.98 Å². The normalized spacial score (nSPS) is 18.6. The zero-order valence-electron chi connectivity index (χ0n) is 11.5. The fourth-order valence-electron chi connectivity index (χ4n) is 2.63. The van der Waals surface area contributed by atoms with Crippen LogP contribution in [-0.2, 0) is 11.3 Å². The molecule has 0 spiro atoms. The van der Waals surface area contributed by atoms with Gasteiger partial charge in [-0.1, -0.05) is 0 Å². The number of ether oxygens (including phenoxy) is 1. The van der Waals surface area contributed by atoms with E-state index in [1.54, 1.807) is 32.0 Å². The third-order valence-electron chi connectivity index (χ3n) is 3.58. The van der Waals surface area contributed by atoms with Crippen LogP contribution in [0.5, 0.6) is 0 Å². The second kappa shape index (κ2) is 5.96. The van der Waals surface area contributed by atoms with E-state index < -0.39 is 0 Å². The molecule has 1 aliphatic heterocycles. The number of hydrogen-bond acceptors (Lipinski definition) is 6. The Bertz CT molecular complexity index is 543. The van der Waals surface area contributed by atoms with E-state index in [-0.39, 0.29) is 6.04 Å². The van der Waals surface area contributed by atoms with Crippen LogP contribution in [0, 0.1) is 0 Å². The van der Waals surface area contributed by atoms with E-state index in [9.17, 15) is 0 Å². The molecule has 3 heterocycles. The van der Waals surface area contributed by atoms with E-state index in [0.29, 0.717) is 6.61 Å². The molecular weight excluding hydrogens is 256 g/mol. The second-order valence-corrected chi connectivity index (χ2v) is 4.79. The standard InChI is InChI=1S/C13H18N6O/c1-20-8-7-18-10-16-17-13(18)11-3-2-6-19(11)12-9-14-4-5-15-12/h4-5,9-11H,2-3,6-8H2,1H3/t11-/m0/s1. The molecule has 7 heteroatoms. The highest BCUT2D eigenvalue weighted by molar-refractivity contribution is 5.39. The summed E-state index contributed by atoms with van der Waals surface area (Å²) in [7, 11) is 1.70. The van der Waals surface area contributed by atoms with Gasteiger partial charge in [0.2, 0.25) is 0 Å². The maximum Gasteiger partial charge on any atom is 0.155 e. The predicted molar refractivity (Wildman–Crippen MR) is 73.3 cm³/mol. The molecule has 0 radical (unpaired) electrons. The molecule has 106 valence electrons. The lowest BCUT2D eigenvalue weighted by atomic mass is 10.2. The SMILES string of the molecule is COCCn1cnnc1[C@@H]1CCCN1c1cnccn1. The second-order valence-electron chi connectivity index (χ2n) is 4.79. The highest BCUT2D eigenvalue weighted by atomic mass is 16.5. The van der Waals surface area contributed by atoms with Gasteiger partial charge in [-0.05, 0) is 12.8 Å². The molecule has 0 saturated carbocycles. The van der Waals surface area contributed by atoms with E-state index in [1.165, 1.54) is 0 Å². The molecule has 1 fully saturated rings. The molecule has 2 aromatic heterocycles. The Morgan fingerprint density at radius 3 is 3.15 bits per heavy atom.